The summed E-state index contributed by atoms with van der Waals surface area (Å²) in [5.41, 5.74) is 3.42. The van der Waals surface area contributed by atoms with E-state index in [1.807, 2.05) is 99.4 Å². The summed E-state index contributed by atoms with van der Waals surface area (Å²) in [7, 11) is 1.81. The summed E-state index contributed by atoms with van der Waals surface area (Å²) in [6, 6.07) is 20.0. The maximum atomic E-state index is 12.7. The second-order valence-electron chi connectivity index (χ2n) is 9.01. The Hall–Kier alpha value is -3.41. The molecule has 32 heavy (non-hydrogen) atoms. The number of carbonyl (C=O) groups excluding carboxylic acids is 2. The van der Waals surface area contributed by atoms with Crippen molar-refractivity contribution >= 4 is 11.8 Å². The predicted molar refractivity (Wildman–Crippen MR) is 127 cm³/mol. The zero-order valence-corrected chi connectivity index (χ0v) is 19.3. The second kappa shape index (κ2) is 10.3. The van der Waals surface area contributed by atoms with Gasteiger partial charge in [0.1, 0.15) is 0 Å². The van der Waals surface area contributed by atoms with Gasteiger partial charge in [0.25, 0.3) is 0 Å². The Labute approximate surface area is 190 Å². The number of nitrogens with zero attached hydrogens (tertiary/aromatic N) is 3. The number of benzene rings is 2. The van der Waals surface area contributed by atoms with Crippen LogP contribution in [-0.2, 0) is 16.1 Å². The molecule has 0 aliphatic carbocycles. The van der Waals surface area contributed by atoms with Gasteiger partial charge in [-0.05, 0) is 18.6 Å². The predicted octanol–water partition coefficient (Wildman–Crippen LogP) is 4.44. The summed E-state index contributed by atoms with van der Waals surface area (Å²) in [6.45, 7) is 6.59. The molecule has 0 fully saturated rings. The molecule has 1 N–H and O–H groups in total. The van der Waals surface area contributed by atoms with Gasteiger partial charge < -0.3 is 10.2 Å². The Morgan fingerprint density at radius 2 is 1.62 bits per heavy atom. The second-order valence-corrected chi connectivity index (χ2v) is 9.01. The average Bonchev–Trinajstić information content (AvgIpc) is 3.20. The number of amides is 2. The molecule has 0 radical (unpaired) electrons. The third kappa shape index (κ3) is 6.06. The smallest absolute Gasteiger partial charge is 0.225 e. The Bertz CT molecular complexity index is 1040. The minimum atomic E-state index is -0.423. The standard InChI is InChI=1S/C26H32N4O2/c1-26(2,3)25(32)27-17-11-16-23(31)29(4)18-21-19-30(22-14-9-6-10-15-22)28-24(21)20-12-7-5-8-13-20/h5-10,12-15,19H,11,16-18H2,1-4H3,(H,27,32). The van der Waals surface area contributed by atoms with Gasteiger partial charge in [0.05, 0.1) is 11.4 Å². The van der Waals surface area contributed by atoms with Crippen LogP contribution in [0.2, 0.25) is 0 Å². The van der Waals surface area contributed by atoms with Crippen LogP contribution in [0.5, 0.6) is 0 Å². The molecular formula is C26H32N4O2. The maximum Gasteiger partial charge on any atom is 0.225 e. The van der Waals surface area contributed by atoms with Crippen molar-refractivity contribution < 1.29 is 9.59 Å². The Morgan fingerprint density at radius 1 is 1.00 bits per heavy atom. The van der Waals surface area contributed by atoms with Gasteiger partial charge in [0, 0.05) is 49.3 Å². The minimum absolute atomic E-state index is 0.000803. The topological polar surface area (TPSA) is 67.2 Å². The Kier molecular flexibility index (Phi) is 7.46. The molecule has 0 bridgehead atoms. The molecule has 6 heteroatoms. The fourth-order valence-electron chi connectivity index (χ4n) is 3.32. The van der Waals surface area contributed by atoms with Gasteiger partial charge in [-0.25, -0.2) is 4.68 Å². The van der Waals surface area contributed by atoms with E-state index in [1.165, 1.54) is 0 Å². The van der Waals surface area contributed by atoms with Crippen molar-refractivity contribution in [1.82, 2.24) is 20.0 Å². The van der Waals surface area contributed by atoms with Crippen LogP contribution in [0.3, 0.4) is 0 Å². The van der Waals surface area contributed by atoms with Crippen LogP contribution < -0.4 is 5.32 Å². The highest BCUT2D eigenvalue weighted by Gasteiger charge is 2.21. The van der Waals surface area contributed by atoms with Gasteiger partial charge in [-0.2, -0.15) is 5.10 Å². The van der Waals surface area contributed by atoms with Gasteiger partial charge in [0.2, 0.25) is 11.8 Å². The van der Waals surface area contributed by atoms with Crippen LogP contribution in [0.4, 0.5) is 0 Å². The molecule has 0 unspecified atom stereocenters. The van der Waals surface area contributed by atoms with E-state index in [-0.39, 0.29) is 11.8 Å². The van der Waals surface area contributed by atoms with E-state index in [0.717, 1.165) is 22.5 Å². The third-order valence-corrected chi connectivity index (χ3v) is 5.23. The highest BCUT2D eigenvalue weighted by molar-refractivity contribution is 5.81. The quantitative estimate of drug-likeness (QED) is 0.535. The minimum Gasteiger partial charge on any atom is -0.356 e. The van der Waals surface area contributed by atoms with Crippen molar-refractivity contribution in [2.45, 2.75) is 40.2 Å². The van der Waals surface area contributed by atoms with Gasteiger partial charge in [-0.1, -0.05) is 69.3 Å². The summed E-state index contributed by atoms with van der Waals surface area (Å²) < 4.78 is 1.86. The molecule has 2 amide bonds. The van der Waals surface area contributed by atoms with Crippen molar-refractivity contribution in [2.75, 3.05) is 13.6 Å². The Morgan fingerprint density at radius 3 is 2.25 bits per heavy atom. The number of hydrogen-bond donors (Lipinski definition) is 1. The van der Waals surface area contributed by atoms with Gasteiger partial charge in [-0.3, -0.25) is 9.59 Å². The summed E-state index contributed by atoms with van der Waals surface area (Å²) in [5.74, 6) is 0.0422. The first-order valence-electron chi connectivity index (χ1n) is 11.0. The van der Waals surface area contributed by atoms with Crippen LogP contribution in [0.1, 0.15) is 39.2 Å². The lowest BCUT2D eigenvalue weighted by molar-refractivity contribution is -0.131. The third-order valence-electron chi connectivity index (χ3n) is 5.23. The molecule has 1 aromatic heterocycles. The number of hydrogen-bond acceptors (Lipinski definition) is 3. The van der Waals surface area contributed by atoms with E-state index in [9.17, 15) is 9.59 Å². The first kappa shape index (κ1) is 23.3. The summed E-state index contributed by atoms with van der Waals surface area (Å²) >= 11 is 0. The molecule has 0 aliphatic heterocycles. The van der Waals surface area contributed by atoms with Crippen LogP contribution in [-0.4, -0.2) is 40.1 Å². The zero-order valence-electron chi connectivity index (χ0n) is 19.3. The highest BCUT2D eigenvalue weighted by atomic mass is 16.2. The molecule has 6 nitrogen and oxygen atoms in total. The fourth-order valence-corrected chi connectivity index (χ4v) is 3.32. The number of rotatable bonds is 8. The molecule has 0 saturated carbocycles. The molecule has 0 saturated heterocycles. The van der Waals surface area contributed by atoms with Crippen LogP contribution >= 0.6 is 0 Å². The number of aromatic nitrogens is 2. The van der Waals surface area contributed by atoms with Crippen molar-refractivity contribution in [1.29, 1.82) is 0 Å². The molecule has 3 aromatic rings. The first-order chi connectivity index (χ1) is 15.3. The number of nitrogens with one attached hydrogen (secondary N) is 1. The summed E-state index contributed by atoms with van der Waals surface area (Å²) in [4.78, 5) is 26.4. The van der Waals surface area contributed by atoms with E-state index in [0.29, 0.717) is 25.9 Å². The average molecular weight is 433 g/mol. The Balaban J connectivity index is 1.68. The maximum absolute atomic E-state index is 12.7. The van der Waals surface area contributed by atoms with Crippen molar-refractivity contribution in [3.8, 4) is 16.9 Å². The molecule has 168 valence electrons. The summed E-state index contributed by atoms with van der Waals surface area (Å²) in [6.07, 6.45) is 2.99. The van der Waals surface area contributed by atoms with Crippen LogP contribution in [0.15, 0.2) is 66.9 Å². The molecule has 0 spiro atoms. The normalized spacial score (nSPS) is 11.2. The van der Waals surface area contributed by atoms with Crippen LogP contribution in [0.25, 0.3) is 16.9 Å². The van der Waals surface area contributed by atoms with E-state index < -0.39 is 5.41 Å². The SMILES string of the molecule is CN(Cc1cn(-c2ccccc2)nc1-c1ccccc1)C(=O)CCCNC(=O)C(C)(C)C. The highest BCUT2D eigenvalue weighted by Crippen LogP contribution is 2.25. The molecule has 2 aromatic carbocycles. The first-order valence-corrected chi connectivity index (χ1v) is 11.0. The van der Waals surface area contributed by atoms with Crippen molar-refractivity contribution in [3.63, 3.8) is 0 Å². The van der Waals surface area contributed by atoms with Gasteiger partial charge >= 0.3 is 0 Å². The van der Waals surface area contributed by atoms with Crippen LogP contribution in [0, 0.1) is 5.41 Å². The molecule has 0 atom stereocenters. The fraction of sp³-hybridized carbons (Fsp3) is 0.346. The molecule has 3 rings (SSSR count). The molecular weight excluding hydrogens is 400 g/mol. The zero-order chi connectivity index (χ0) is 23.1. The summed E-state index contributed by atoms with van der Waals surface area (Å²) in [5, 5.41) is 7.71. The van der Waals surface area contributed by atoms with E-state index >= 15 is 0 Å². The molecule has 0 aliphatic rings. The lowest BCUT2D eigenvalue weighted by Crippen LogP contribution is -2.35. The monoisotopic (exact) mass is 432 g/mol. The number of para-hydroxylation sites is 1. The van der Waals surface area contributed by atoms with E-state index in [1.54, 1.807) is 4.90 Å². The lowest BCUT2D eigenvalue weighted by atomic mass is 9.96. The molecule has 1 heterocycles. The van der Waals surface area contributed by atoms with Gasteiger partial charge in [0.15, 0.2) is 0 Å². The number of carbonyl (C=O) groups is 2. The largest absolute Gasteiger partial charge is 0.356 e. The van der Waals surface area contributed by atoms with E-state index in [2.05, 4.69) is 5.32 Å². The lowest BCUT2D eigenvalue weighted by Gasteiger charge is -2.19. The van der Waals surface area contributed by atoms with E-state index in [4.69, 9.17) is 5.10 Å². The van der Waals surface area contributed by atoms with Gasteiger partial charge in [-0.15, -0.1) is 0 Å². The van der Waals surface area contributed by atoms with Crippen molar-refractivity contribution in [3.05, 3.63) is 72.4 Å². The van der Waals surface area contributed by atoms with Crippen molar-refractivity contribution in [2.24, 2.45) is 5.41 Å².